The molecule has 0 aliphatic carbocycles. The van der Waals surface area contributed by atoms with Crippen LogP contribution < -0.4 is 0 Å². The molecule has 0 aliphatic heterocycles. The maximum atomic E-state index is 12.8. The molecule has 4 nitrogen and oxygen atoms in total. The Hall–Kier alpha value is -2.31. The van der Waals surface area contributed by atoms with Crippen molar-refractivity contribution >= 4 is 11.8 Å². The summed E-state index contributed by atoms with van der Waals surface area (Å²) >= 11 is 0. The fraction of sp³-hybridized carbons (Fsp3) is 0.333. The molecule has 0 heterocycles. The lowest BCUT2D eigenvalue weighted by molar-refractivity contribution is -0.141. The summed E-state index contributed by atoms with van der Waals surface area (Å²) in [6.45, 7) is 1.56. The number of alkyl halides is 3. The molecule has 1 aromatic carbocycles. The lowest BCUT2D eigenvalue weighted by Crippen LogP contribution is -2.11. The van der Waals surface area contributed by atoms with Crippen molar-refractivity contribution in [2.24, 2.45) is 0 Å². The maximum Gasteiger partial charge on any atom is 0.416 e. The molecule has 22 heavy (non-hydrogen) atoms. The van der Waals surface area contributed by atoms with Crippen molar-refractivity contribution in [2.75, 3.05) is 6.61 Å². The van der Waals surface area contributed by atoms with Gasteiger partial charge in [0, 0.05) is 12.5 Å². The Bertz CT molecular complexity index is 576. The molecule has 0 spiro atoms. The van der Waals surface area contributed by atoms with Gasteiger partial charge in [0.2, 0.25) is 5.76 Å². The molecular weight excluding hydrogens is 301 g/mol. The minimum atomic E-state index is -4.50. The van der Waals surface area contributed by atoms with E-state index in [0.29, 0.717) is 6.08 Å². The van der Waals surface area contributed by atoms with Crippen molar-refractivity contribution < 1.29 is 32.6 Å². The van der Waals surface area contributed by atoms with Gasteiger partial charge in [-0.05, 0) is 25.0 Å². The first kappa shape index (κ1) is 17.7. The average molecular weight is 316 g/mol. The summed E-state index contributed by atoms with van der Waals surface area (Å²) in [4.78, 5) is 22.7. The van der Waals surface area contributed by atoms with E-state index >= 15 is 0 Å². The van der Waals surface area contributed by atoms with E-state index in [0.717, 1.165) is 6.07 Å². The Labute approximate surface area is 125 Å². The van der Waals surface area contributed by atoms with Crippen molar-refractivity contribution in [2.45, 2.75) is 25.9 Å². The van der Waals surface area contributed by atoms with Gasteiger partial charge in [0.15, 0.2) is 5.78 Å². The van der Waals surface area contributed by atoms with Gasteiger partial charge < -0.3 is 9.84 Å². The number of esters is 1. The van der Waals surface area contributed by atoms with Crippen LogP contribution in [0.25, 0.3) is 0 Å². The lowest BCUT2D eigenvalue weighted by Gasteiger charge is -2.11. The van der Waals surface area contributed by atoms with Crippen LogP contribution in [0.4, 0.5) is 13.2 Å². The molecule has 0 aliphatic rings. The normalized spacial score (nSPS) is 12.1. The summed E-state index contributed by atoms with van der Waals surface area (Å²) in [7, 11) is 0. The molecule has 0 aromatic heterocycles. The molecule has 0 radical (unpaired) electrons. The molecule has 1 aromatic rings. The van der Waals surface area contributed by atoms with Crippen LogP contribution in [0.3, 0.4) is 0 Å². The van der Waals surface area contributed by atoms with Gasteiger partial charge in [-0.25, -0.2) is 4.79 Å². The molecule has 0 atom stereocenters. The Morgan fingerprint density at radius 3 is 2.50 bits per heavy atom. The van der Waals surface area contributed by atoms with Gasteiger partial charge in [0.25, 0.3) is 0 Å². The predicted octanol–water partition coefficient (Wildman–Crippen LogP) is 3.21. The van der Waals surface area contributed by atoms with E-state index in [4.69, 9.17) is 0 Å². The van der Waals surface area contributed by atoms with Gasteiger partial charge in [-0.2, -0.15) is 13.2 Å². The van der Waals surface area contributed by atoms with E-state index < -0.39 is 29.3 Å². The highest BCUT2D eigenvalue weighted by atomic mass is 19.4. The van der Waals surface area contributed by atoms with E-state index in [9.17, 15) is 27.9 Å². The number of hydrogen-bond donors (Lipinski definition) is 1. The van der Waals surface area contributed by atoms with E-state index in [-0.39, 0.29) is 25.0 Å². The van der Waals surface area contributed by atoms with Gasteiger partial charge in [0.05, 0.1) is 12.2 Å². The summed E-state index contributed by atoms with van der Waals surface area (Å²) in [6, 6.07) is 4.93. The number of allylic oxidation sites excluding steroid dienone is 1. The number of halogens is 3. The molecule has 0 saturated carbocycles. The van der Waals surface area contributed by atoms with Gasteiger partial charge in [-0.15, -0.1) is 0 Å². The van der Waals surface area contributed by atoms with Crippen LogP contribution in [0.2, 0.25) is 0 Å². The van der Waals surface area contributed by atoms with Gasteiger partial charge in [-0.3, -0.25) is 4.79 Å². The van der Waals surface area contributed by atoms with Crippen molar-refractivity contribution in [1.29, 1.82) is 0 Å². The topological polar surface area (TPSA) is 63.6 Å². The quantitative estimate of drug-likeness (QED) is 0.497. The van der Waals surface area contributed by atoms with Crippen LogP contribution in [0.15, 0.2) is 36.1 Å². The first-order valence-electron chi connectivity index (χ1n) is 6.51. The molecule has 0 saturated heterocycles. The van der Waals surface area contributed by atoms with Crippen LogP contribution in [0.1, 0.15) is 24.5 Å². The number of benzene rings is 1. The number of carbonyl (C=O) groups excluding carboxylic acids is 2. The molecule has 120 valence electrons. The molecule has 0 bridgehead atoms. The summed E-state index contributed by atoms with van der Waals surface area (Å²) in [5.74, 6) is -2.58. The molecule has 0 amide bonds. The summed E-state index contributed by atoms with van der Waals surface area (Å²) in [5, 5.41) is 9.29. The van der Waals surface area contributed by atoms with Gasteiger partial charge in [0.1, 0.15) is 0 Å². The Morgan fingerprint density at radius 2 is 1.91 bits per heavy atom. The monoisotopic (exact) mass is 316 g/mol. The minimum absolute atomic E-state index is 0.0209. The number of rotatable bonds is 6. The number of ether oxygens (including phenoxy) is 1. The van der Waals surface area contributed by atoms with Gasteiger partial charge >= 0.3 is 12.1 Å². The van der Waals surface area contributed by atoms with Crippen LogP contribution in [0.5, 0.6) is 0 Å². The maximum absolute atomic E-state index is 12.8. The second-order valence-corrected chi connectivity index (χ2v) is 4.37. The standard InChI is InChI=1S/C15H15F3O4/c1-2-22-14(21)13(20)9-11(19)8-7-10-5-3-4-6-12(10)15(16,17)18/h3-6,9,20H,2,7-8H2,1H3/b13-9-. The zero-order valence-electron chi connectivity index (χ0n) is 11.8. The molecule has 1 N–H and O–H groups in total. The van der Waals surface area contributed by atoms with Crippen LogP contribution in [-0.4, -0.2) is 23.5 Å². The zero-order valence-corrected chi connectivity index (χ0v) is 11.8. The predicted molar refractivity (Wildman–Crippen MR) is 72.1 cm³/mol. The van der Waals surface area contributed by atoms with E-state index in [1.807, 2.05) is 0 Å². The fourth-order valence-corrected chi connectivity index (χ4v) is 1.76. The highest BCUT2D eigenvalue weighted by molar-refractivity contribution is 5.97. The number of hydrogen-bond acceptors (Lipinski definition) is 4. The van der Waals surface area contributed by atoms with Crippen molar-refractivity contribution in [3.63, 3.8) is 0 Å². The Balaban J connectivity index is 2.73. The first-order valence-corrected chi connectivity index (χ1v) is 6.51. The van der Waals surface area contributed by atoms with Crippen LogP contribution >= 0.6 is 0 Å². The van der Waals surface area contributed by atoms with E-state index in [1.165, 1.54) is 25.1 Å². The third-order valence-corrected chi connectivity index (χ3v) is 2.75. The van der Waals surface area contributed by atoms with Crippen LogP contribution in [0, 0.1) is 0 Å². The lowest BCUT2D eigenvalue weighted by atomic mass is 10.0. The van der Waals surface area contributed by atoms with E-state index in [2.05, 4.69) is 4.74 Å². The Kier molecular flexibility index (Phi) is 6.15. The average Bonchev–Trinajstić information content (AvgIpc) is 2.44. The second kappa shape index (κ2) is 7.63. The van der Waals surface area contributed by atoms with E-state index in [1.54, 1.807) is 0 Å². The highest BCUT2D eigenvalue weighted by Gasteiger charge is 2.32. The zero-order chi connectivity index (χ0) is 16.8. The molecular formula is C15H15F3O4. The van der Waals surface area contributed by atoms with Crippen molar-refractivity contribution in [1.82, 2.24) is 0 Å². The highest BCUT2D eigenvalue weighted by Crippen LogP contribution is 2.32. The molecule has 7 heteroatoms. The minimum Gasteiger partial charge on any atom is -0.502 e. The third-order valence-electron chi connectivity index (χ3n) is 2.75. The third kappa shape index (κ3) is 5.23. The summed E-state index contributed by atoms with van der Waals surface area (Å²) in [6.07, 6.45) is -4.26. The largest absolute Gasteiger partial charge is 0.502 e. The first-order chi connectivity index (χ1) is 10.3. The SMILES string of the molecule is CCOC(=O)/C(O)=C/C(=O)CCc1ccccc1C(F)(F)F. The second-order valence-electron chi connectivity index (χ2n) is 4.37. The number of ketones is 1. The smallest absolute Gasteiger partial charge is 0.416 e. The summed E-state index contributed by atoms with van der Waals surface area (Å²) in [5.41, 5.74) is -0.825. The molecule has 0 unspecified atom stereocenters. The number of aryl methyl sites for hydroxylation is 1. The fourth-order valence-electron chi connectivity index (χ4n) is 1.76. The van der Waals surface area contributed by atoms with Crippen molar-refractivity contribution in [3.05, 3.63) is 47.2 Å². The number of aliphatic hydroxyl groups is 1. The van der Waals surface area contributed by atoms with Crippen LogP contribution in [-0.2, 0) is 26.9 Å². The summed E-state index contributed by atoms with van der Waals surface area (Å²) < 4.78 is 42.8. The molecule has 1 rings (SSSR count). The Morgan fingerprint density at radius 1 is 1.27 bits per heavy atom. The number of carbonyl (C=O) groups is 2. The van der Waals surface area contributed by atoms with Gasteiger partial charge in [-0.1, -0.05) is 18.2 Å². The molecule has 0 fully saturated rings. The van der Waals surface area contributed by atoms with Crippen molar-refractivity contribution in [3.8, 4) is 0 Å². The number of aliphatic hydroxyl groups excluding tert-OH is 1.